The van der Waals surface area contributed by atoms with E-state index < -0.39 is 11.8 Å². The van der Waals surface area contributed by atoms with Crippen molar-refractivity contribution in [2.75, 3.05) is 0 Å². The van der Waals surface area contributed by atoms with Crippen LogP contribution in [-0.4, -0.2) is 16.1 Å². The Balaban J connectivity index is 3.06. The lowest BCUT2D eigenvalue weighted by Crippen LogP contribution is -2.20. The molecule has 0 bridgehead atoms. The Morgan fingerprint density at radius 3 is 2.50 bits per heavy atom. The molecular formula is C10H13NO3. The van der Waals surface area contributed by atoms with Crippen LogP contribution in [0.25, 0.3) is 0 Å². The van der Waals surface area contributed by atoms with Gasteiger partial charge in [0.15, 0.2) is 11.5 Å². The van der Waals surface area contributed by atoms with Crippen LogP contribution in [0.3, 0.4) is 0 Å². The van der Waals surface area contributed by atoms with Gasteiger partial charge in [-0.1, -0.05) is 13.0 Å². The Kier molecular flexibility index (Phi) is 2.96. The van der Waals surface area contributed by atoms with E-state index in [9.17, 15) is 9.90 Å². The van der Waals surface area contributed by atoms with Gasteiger partial charge >= 0.3 is 0 Å². The van der Waals surface area contributed by atoms with Gasteiger partial charge < -0.3 is 15.9 Å². The van der Waals surface area contributed by atoms with E-state index in [1.807, 2.05) is 6.92 Å². The molecule has 0 saturated carbocycles. The first kappa shape index (κ1) is 10.4. The number of amides is 1. The number of benzene rings is 1. The van der Waals surface area contributed by atoms with Crippen molar-refractivity contribution in [3.05, 3.63) is 23.8 Å². The highest BCUT2D eigenvalue weighted by Crippen LogP contribution is 2.29. The van der Waals surface area contributed by atoms with Crippen LogP contribution in [0, 0.1) is 0 Å². The van der Waals surface area contributed by atoms with Crippen LogP contribution in [0.5, 0.6) is 11.5 Å². The topological polar surface area (TPSA) is 83.6 Å². The molecule has 0 aliphatic heterocycles. The second-order valence-electron chi connectivity index (χ2n) is 3.11. The molecule has 1 rings (SSSR count). The fraction of sp³-hybridized carbons (Fsp3) is 0.300. The SMILES string of the molecule is CCC(C(N)=O)c1ccc(O)c(O)c1. The van der Waals surface area contributed by atoms with Crippen LogP contribution in [0.4, 0.5) is 0 Å². The highest BCUT2D eigenvalue weighted by Gasteiger charge is 2.16. The van der Waals surface area contributed by atoms with Gasteiger partial charge in [0.1, 0.15) is 0 Å². The van der Waals surface area contributed by atoms with E-state index in [1.54, 1.807) is 6.07 Å². The van der Waals surface area contributed by atoms with E-state index in [1.165, 1.54) is 12.1 Å². The van der Waals surface area contributed by atoms with Crippen molar-refractivity contribution in [2.45, 2.75) is 19.3 Å². The standard InChI is InChI=1S/C10H13NO3/c1-2-7(10(11)14)6-3-4-8(12)9(13)5-6/h3-5,7,12-13H,2H2,1H3,(H2,11,14). The van der Waals surface area contributed by atoms with Gasteiger partial charge in [-0.05, 0) is 24.1 Å². The first-order valence-corrected chi connectivity index (χ1v) is 4.37. The van der Waals surface area contributed by atoms with Crippen molar-refractivity contribution < 1.29 is 15.0 Å². The van der Waals surface area contributed by atoms with Crippen LogP contribution in [0.15, 0.2) is 18.2 Å². The maximum absolute atomic E-state index is 11.0. The van der Waals surface area contributed by atoms with Crippen LogP contribution in [0.1, 0.15) is 24.8 Å². The molecule has 0 spiro atoms. The van der Waals surface area contributed by atoms with E-state index in [2.05, 4.69) is 0 Å². The lowest BCUT2D eigenvalue weighted by atomic mass is 9.95. The Labute approximate surface area is 82.0 Å². The van der Waals surface area contributed by atoms with Crippen molar-refractivity contribution in [1.82, 2.24) is 0 Å². The number of nitrogens with two attached hydrogens (primary N) is 1. The minimum Gasteiger partial charge on any atom is -0.504 e. The molecular weight excluding hydrogens is 182 g/mol. The molecule has 0 aliphatic rings. The fourth-order valence-corrected chi connectivity index (χ4v) is 1.36. The number of rotatable bonds is 3. The molecule has 14 heavy (non-hydrogen) atoms. The first-order chi connectivity index (χ1) is 6.56. The van der Waals surface area contributed by atoms with Crippen molar-refractivity contribution >= 4 is 5.91 Å². The number of aromatic hydroxyl groups is 2. The van der Waals surface area contributed by atoms with Crippen LogP contribution in [0.2, 0.25) is 0 Å². The van der Waals surface area contributed by atoms with Gasteiger partial charge in [0.25, 0.3) is 0 Å². The Bertz CT molecular complexity index is 349. The maximum Gasteiger partial charge on any atom is 0.224 e. The summed E-state index contributed by atoms with van der Waals surface area (Å²) < 4.78 is 0. The van der Waals surface area contributed by atoms with Gasteiger partial charge in [-0.25, -0.2) is 0 Å². The minimum atomic E-state index is -0.433. The largest absolute Gasteiger partial charge is 0.504 e. The number of carbonyl (C=O) groups excluding carboxylic acids is 1. The highest BCUT2D eigenvalue weighted by molar-refractivity contribution is 5.82. The first-order valence-electron chi connectivity index (χ1n) is 4.37. The smallest absolute Gasteiger partial charge is 0.224 e. The van der Waals surface area contributed by atoms with E-state index in [0.29, 0.717) is 12.0 Å². The molecule has 4 N–H and O–H groups in total. The number of hydrogen-bond acceptors (Lipinski definition) is 3. The van der Waals surface area contributed by atoms with Crippen molar-refractivity contribution in [3.63, 3.8) is 0 Å². The van der Waals surface area contributed by atoms with E-state index in [4.69, 9.17) is 10.8 Å². The van der Waals surface area contributed by atoms with E-state index in [0.717, 1.165) is 0 Å². The summed E-state index contributed by atoms with van der Waals surface area (Å²) >= 11 is 0. The van der Waals surface area contributed by atoms with Crippen molar-refractivity contribution in [3.8, 4) is 11.5 Å². The zero-order chi connectivity index (χ0) is 10.7. The summed E-state index contributed by atoms with van der Waals surface area (Å²) in [5, 5.41) is 18.3. The van der Waals surface area contributed by atoms with Gasteiger partial charge in [-0.3, -0.25) is 4.79 Å². The minimum absolute atomic E-state index is 0.201. The maximum atomic E-state index is 11.0. The Morgan fingerprint density at radius 1 is 1.43 bits per heavy atom. The van der Waals surface area contributed by atoms with Gasteiger partial charge in [-0.2, -0.15) is 0 Å². The lowest BCUT2D eigenvalue weighted by Gasteiger charge is -2.11. The zero-order valence-electron chi connectivity index (χ0n) is 7.90. The van der Waals surface area contributed by atoms with Gasteiger partial charge in [-0.15, -0.1) is 0 Å². The molecule has 0 aliphatic carbocycles. The molecule has 4 nitrogen and oxygen atoms in total. The number of phenolic OH excluding ortho intramolecular Hbond substituents is 2. The molecule has 1 unspecified atom stereocenters. The third-order valence-electron chi connectivity index (χ3n) is 2.15. The molecule has 1 aromatic carbocycles. The average molecular weight is 195 g/mol. The fourth-order valence-electron chi connectivity index (χ4n) is 1.36. The van der Waals surface area contributed by atoms with Gasteiger partial charge in [0.05, 0.1) is 5.92 Å². The van der Waals surface area contributed by atoms with Crippen LogP contribution in [-0.2, 0) is 4.79 Å². The van der Waals surface area contributed by atoms with Crippen molar-refractivity contribution in [2.24, 2.45) is 5.73 Å². The molecule has 0 aromatic heterocycles. The molecule has 76 valence electrons. The van der Waals surface area contributed by atoms with Crippen molar-refractivity contribution in [1.29, 1.82) is 0 Å². The quantitative estimate of drug-likeness (QED) is 0.631. The third kappa shape index (κ3) is 1.96. The van der Waals surface area contributed by atoms with E-state index in [-0.39, 0.29) is 11.5 Å². The number of hydrogen-bond donors (Lipinski definition) is 3. The summed E-state index contributed by atoms with van der Waals surface area (Å²) in [6.07, 6.45) is 0.569. The summed E-state index contributed by atoms with van der Waals surface area (Å²) in [7, 11) is 0. The van der Waals surface area contributed by atoms with E-state index >= 15 is 0 Å². The molecule has 4 heteroatoms. The molecule has 0 saturated heterocycles. The summed E-state index contributed by atoms with van der Waals surface area (Å²) in [6, 6.07) is 4.28. The van der Waals surface area contributed by atoms with Crippen LogP contribution < -0.4 is 5.73 Å². The summed E-state index contributed by atoms with van der Waals surface area (Å²) in [5.41, 5.74) is 5.80. The third-order valence-corrected chi connectivity index (χ3v) is 2.15. The lowest BCUT2D eigenvalue weighted by molar-refractivity contribution is -0.119. The second-order valence-corrected chi connectivity index (χ2v) is 3.11. The molecule has 1 amide bonds. The zero-order valence-corrected chi connectivity index (χ0v) is 7.90. The molecule has 1 aromatic rings. The summed E-state index contributed by atoms with van der Waals surface area (Å²) in [6.45, 7) is 1.83. The number of primary amides is 1. The van der Waals surface area contributed by atoms with Crippen LogP contribution >= 0.6 is 0 Å². The monoisotopic (exact) mass is 195 g/mol. The Hall–Kier alpha value is -1.71. The molecule has 1 atom stereocenters. The normalized spacial score (nSPS) is 12.4. The summed E-state index contributed by atoms with van der Waals surface area (Å²) in [4.78, 5) is 11.0. The second kappa shape index (κ2) is 4.00. The predicted molar refractivity (Wildman–Crippen MR) is 52.0 cm³/mol. The summed E-state index contributed by atoms with van der Waals surface area (Å²) in [5.74, 6) is -1.28. The highest BCUT2D eigenvalue weighted by atomic mass is 16.3. The average Bonchev–Trinajstić information content (AvgIpc) is 2.11. The number of phenols is 2. The molecule has 0 radical (unpaired) electrons. The molecule has 0 fully saturated rings. The van der Waals surface area contributed by atoms with Gasteiger partial charge in [0.2, 0.25) is 5.91 Å². The predicted octanol–water partition coefficient (Wildman–Crippen LogP) is 1.08. The number of carbonyl (C=O) groups is 1. The van der Waals surface area contributed by atoms with Gasteiger partial charge in [0, 0.05) is 0 Å². The Morgan fingerprint density at radius 2 is 2.07 bits per heavy atom. The molecule has 0 heterocycles.